The van der Waals surface area contributed by atoms with Crippen molar-refractivity contribution in [2.24, 2.45) is 11.8 Å². The number of nitrogens with zero attached hydrogens (tertiary/aromatic N) is 1. The molecule has 0 radical (unpaired) electrons. The molecule has 1 aromatic carbocycles. The minimum absolute atomic E-state index is 0.0255. The molecule has 1 heterocycles. The second-order valence-electron chi connectivity index (χ2n) is 6.13. The Morgan fingerprint density at radius 3 is 3.05 bits per heavy atom. The van der Waals surface area contributed by atoms with Crippen LogP contribution in [0, 0.1) is 17.7 Å². The molecule has 3 aliphatic rings. The van der Waals surface area contributed by atoms with Crippen molar-refractivity contribution in [1.29, 1.82) is 0 Å². The maximum Gasteiger partial charge on any atom is 0.438 e. The molecular formula is C16H18FNO3. The minimum atomic E-state index is -0.522. The Morgan fingerprint density at radius 2 is 2.24 bits per heavy atom. The number of hydrogen-bond acceptors (Lipinski definition) is 3. The molecule has 112 valence electrons. The minimum Gasteiger partial charge on any atom is -0.448 e. The van der Waals surface area contributed by atoms with E-state index in [1.165, 1.54) is 17.6 Å². The molecule has 2 aliphatic carbocycles. The lowest BCUT2D eigenvalue weighted by Gasteiger charge is -2.40. The summed E-state index contributed by atoms with van der Waals surface area (Å²) in [7, 11) is 0. The van der Waals surface area contributed by atoms with Crippen LogP contribution in [0.25, 0.3) is 0 Å². The molecule has 0 N–H and O–H groups in total. The molecule has 2 fully saturated rings. The first-order valence-corrected chi connectivity index (χ1v) is 7.62. The highest BCUT2D eigenvalue weighted by Gasteiger charge is 2.54. The highest BCUT2D eigenvalue weighted by molar-refractivity contribution is 5.87. The second-order valence-corrected chi connectivity index (χ2v) is 6.13. The zero-order chi connectivity index (χ0) is 14.6. The highest BCUT2D eigenvalue weighted by Crippen LogP contribution is 2.58. The first kappa shape index (κ1) is 13.1. The zero-order valence-corrected chi connectivity index (χ0v) is 11.9. The predicted octanol–water partition coefficient (Wildman–Crippen LogP) is 3.62. The van der Waals surface area contributed by atoms with Crippen molar-refractivity contribution < 1.29 is 18.8 Å². The van der Waals surface area contributed by atoms with E-state index in [4.69, 9.17) is 9.57 Å². The monoisotopic (exact) mass is 291 g/mol. The van der Waals surface area contributed by atoms with Crippen LogP contribution in [0.5, 0.6) is 0 Å². The van der Waals surface area contributed by atoms with E-state index < -0.39 is 6.09 Å². The third-order valence-corrected chi connectivity index (χ3v) is 5.07. The van der Waals surface area contributed by atoms with Crippen molar-refractivity contribution in [3.8, 4) is 0 Å². The number of amides is 1. The number of benzene rings is 1. The normalized spacial score (nSPS) is 32.8. The number of fused-ring (bicyclic) bond motifs is 7. The topological polar surface area (TPSA) is 38.8 Å². The summed E-state index contributed by atoms with van der Waals surface area (Å²) in [5.41, 5.74) is 1.52. The fraction of sp³-hybridized carbons (Fsp3) is 0.562. The molecule has 0 saturated heterocycles. The summed E-state index contributed by atoms with van der Waals surface area (Å²) in [6.45, 7) is 2.04. The van der Waals surface area contributed by atoms with Crippen LogP contribution in [0.3, 0.4) is 0 Å². The summed E-state index contributed by atoms with van der Waals surface area (Å²) in [6, 6.07) is 4.54. The first-order chi connectivity index (χ1) is 10.2. The highest BCUT2D eigenvalue weighted by atomic mass is 19.1. The molecule has 0 aromatic heterocycles. The number of carbonyl (C=O) groups is 1. The van der Waals surface area contributed by atoms with Gasteiger partial charge in [0.2, 0.25) is 0 Å². The van der Waals surface area contributed by atoms with Crippen LogP contribution in [0.15, 0.2) is 18.2 Å². The molecule has 1 aromatic rings. The maximum absolute atomic E-state index is 13.7. The summed E-state index contributed by atoms with van der Waals surface area (Å²) in [4.78, 5) is 18.1. The van der Waals surface area contributed by atoms with Crippen molar-refractivity contribution in [3.63, 3.8) is 0 Å². The van der Waals surface area contributed by atoms with Gasteiger partial charge in [0.15, 0.2) is 0 Å². The standard InChI is InChI=1S/C16H18FNO3/c1-2-20-16(19)18-13-6-5-11(17)8-12(13)14-9-3-4-10(7-9)15(14)21-18/h5-6,8-10,14-15H,2-4,7H2,1H3/t9-,10+,14-,15-/m0/s1. The molecule has 0 unspecified atom stereocenters. The number of hydrogen-bond donors (Lipinski definition) is 0. The number of rotatable bonds is 1. The third kappa shape index (κ3) is 1.87. The quantitative estimate of drug-likeness (QED) is 0.793. The van der Waals surface area contributed by atoms with E-state index in [0.29, 0.717) is 17.5 Å². The van der Waals surface area contributed by atoms with Gasteiger partial charge in [-0.2, -0.15) is 5.06 Å². The Labute approximate surface area is 122 Å². The van der Waals surface area contributed by atoms with Crippen molar-refractivity contribution in [2.75, 3.05) is 11.7 Å². The Bertz CT molecular complexity index is 591. The predicted molar refractivity (Wildman–Crippen MR) is 74.3 cm³/mol. The Balaban J connectivity index is 1.78. The van der Waals surface area contributed by atoms with Gasteiger partial charge in [-0.15, -0.1) is 0 Å². The van der Waals surface area contributed by atoms with Gasteiger partial charge >= 0.3 is 6.09 Å². The summed E-state index contributed by atoms with van der Waals surface area (Å²) >= 11 is 0. The van der Waals surface area contributed by atoms with E-state index in [2.05, 4.69) is 0 Å². The number of anilines is 1. The fourth-order valence-corrected chi connectivity index (χ4v) is 4.30. The van der Waals surface area contributed by atoms with E-state index in [0.717, 1.165) is 18.4 Å². The van der Waals surface area contributed by atoms with Gasteiger partial charge in [-0.3, -0.25) is 4.84 Å². The van der Waals surface area contributed by atoms with Gasteiger partial charge < -0.3 is 4.74 Å². The van der Waals surface area contributed by atoms with Crippen LogP contribution < -0.4 is 5.06 Å². The lowest BCUT2D eigenvalue weighted by Crippen LogP contribution is -2.45. The van der Waals surface area contributed by atoms with Crippen molar-refractivity contribution in [3.05, 3.63) is 29.6 Å². The smallest absolute Gasteiger partial charge is 0.438 e. The maximum atomic E-state index is 13.7. The Morgan fingerprint density at radius 1 is 1.43 bits per heavy atom. The van der Waals surface area contributed by atoms with Crippen molar-refractivity contribution >= 4 is 11.8 Å². The van der Waals surface area contributed by atoms with Gasteiger partial charge in [0, 0.05) is 5.92 Å². The van der Waals surface area contributed by atoms with Crippen LogP contribution in [0.2, 0.25) is 0 Å². The molecule has 1 amide bonds. The van der Waals surface area contributed by atoms with Crippen LogP contribution in [-0.4, -0.2) is 18.8 Å². The number of hydroxylamine groups is 1. The van der Waals surface area contributed by atoms with Gasteiger partial charge in [-0.05, 0) is 61.8 Å². The second kappa shape index (κ2) is 4.70. The molecular weight excluding hydrogens is 273 g/mol. The molecule has 0 spiro atoms. The fourth-order valence-electron chi connectivity index (χ4n) is 4.30. The molecule has 4 atom stereocenters. The molecule has 2 bridgehead atoms. The van der Waals surface area contributed by atoms with Crippen LogP contribution >= 0.6 is 0 Å². The van der Waals surface area contributed by atoms with E-state index in [-0.39, 0.29) is 24.4 Å². The van der Waals surface area contributed by atoms with E-state index in [9.17, 15) is 9.18 Å². The largest absolute Gasteiger partial charge is 0.448 e. The van der Waals surface area contributed by atoms with Crippen LogP contribution in [-0.2, 0) is 9.57 Å². The van der Waals surface area contributed by atoms with Gasteiger partial charge in [-0.25, -0.2) is 9.18 Å². The van der Waals surface area contributed by atoms with E-state index in [1.54, 1.807) is 19.1 Å². The van der Waals surface area contributed by atoms with Crippen molar-refractivity contribution in [2.45, 2.75) is 38.2 Å². The SMILES string of the molecule is CCOC(=O)N1O[C@H]2[C@@H]3CC[C@@H](C3)[C@H]2c2cc(F)ccc21. The molecule has 4 rings (SSSR count). The molecule has 21 heavy (non-hydrogen) atoms. The summed E-state index contributed by atoms with van der Waals surface area (Å²) < 4.78 is 18.8. The Kier molecular flexibility index (Phi) is 2.92. The molecule has 1 aliphatic heterocycles. The third-order valence-electron chi connectivity index (χ3n) is 5.07. The van der Waals surface area contributed by atoms with E-state index >= 15 is 0 Å². The Hall–Kier alpha value is -1.62. The van der Waals surface area contributed by atoms with Crippen LogP contribution in [0.4, 0.5) is 14.9 Å². The number of ether oxygens (including phenoxy) is 1. The molecule has 5 heteroatoms. The van der Waals surface area contributed by atoms with Gasteiger partial charge in [0.1, 0.15) is 5.82 Å². The lowest BCUT2D eigenvalue weighted by molar-refractivity contribution is -0.0237. The van der Waals surface area contributed by atoms with Crippen LogP contribution in [0.1, 0.15) is 37.7 Å². The number of carbonyl (C=O) groups excluding carboxylic acids is 1. The first-order valence-electron chi connectivity index (χ1n) is 7.62. The lowest BCUT2D eigenvalue weighted by atomic mass is 9.80. The molecule has 4 nitrogen and oxygen atoms in total. The average molecular weight is 291 g/mol. The summed E-state index contributed by atoms with van der Waals surface area (Å²) in [6.07, 6.45) is 2.87. The molecule has 2 saturated carbocycles. The van der Waals surface area contributed by atoms with Gasteiger partial charge in [0.25, 0.3) is 0 Å². The van der Waals surface area contributed by atoms with E-state index in [1.807, 2.05) is 0 Å². The zero-order valence-electron chi connectivity index (χ0n) is 11.9. The average Bonchev–Trinajstić information content (AvgIpc) is 3.07. The summed E-state index contributed by atoms with van der Waals surface area (Å²) in [5, 5.41) is 1.22. The van der Waals surface area contributed by atoms with Crippen molar-refractivity contribution in [1.82, 2.24) is 0 Å². The number of halogens is 1. The van der Waals surface area contributed by atoms with Gasteiger partial charge in [-0.1, -0.05) is 0 Å². The summed E-state index contributed by atoms with van der Waals surface area (Å²) in [5.74, 6) is 0.958. The van der Waals surface area contributed by atoms with Gasteiger partial charge in [0.05, 0.1) is 18.4 Å².